The van der Waals surface area contributed by atoms with Crippen LogP contribution >= 0.6 is 24.0 Å². The van der Waals surface area contributed by atoms with Crippen molar-refractivity contribution in [1.29, 1.82) is 0 Å². The second-order valence-corrected chi connectivity index (χ2v) is 7.38. The molecule has 0 amide bonds. The highest BCUT2D eigenvalue weighted by Gasteiger charge is 2.27. The summed E-state index contributed by atoms with van der Waals surface area (Å²) in [7, 11) is 1.97. The second-order valence-electron chi connectivity index (χ2n) is 7.38. The van der Waals surface area contributed by atoms with Crippen LogP contribution in [0.15, 0.2) is 48.1 Å². The Kier molecular flexibility index (Phi) is 7.46. The standard InChI is InChI=1S/C21H28N8.HI/c1-4-22-21(28-10-7-18(15-28)19-13-26-27(3)14-19)25-12-17-6-5-8-24-20(17)29-11-9-23-16(29)2;/h5-6,8-9,11,13-14,18H,4,7,10,12,15H2,1-3H3,(H,22,25);1H. The molecule has 0 aromatic carbocycles. The van der Waals surface area contributed by atoms with Gasteiger partial charge in [-0.1, -0.05) is 6.07 Å². The molecule has 0 bridgehead atoms. The van der Waals surface area contributed by atoms with E-state index in [1.54, 1.807) is 6.20 Å². The number of aromatic nitrogens is 5. The summed E-state index contributed by atoms with van der Waals surface area (Å²) in [4.78, 5) is 16.2. The molecule has 30 heavy (non-hydrogen) atoms. The van der Waals surface area contributed by atoms with Crippen molar-refractivity contribution in [2.75, 3.05) is 19.6 Å². The summed E-state index contributed by atoms with van der Waals surface area (Å²) < 4.78 is 3.88. The molecule has 0 spiro atoms. The predicted octanol–water partition coefficient (Wildman–Crippen LogP) is 2.88. The van der Waals surface area contributed by atoms with Crippen LogP contribution in [0.1, 0.15) is 36.2 Å². The van der Waals surface area contributed by atoms with Crippen LogP contribution in [0.3, 0.4) is 0 Å². The lowest BCUT2D eigenvalue weighted by Crippen LogP contribution is -2.40. The quantitative estimate of drug-likeness (QED) is 0.318. The third-order valence-corrected chi connectivity index (χ3v) is 5.34. The predicted molar refractivity (Wildman–Crippen MR) is 128 cm³/mol. The van der Waals surface area contributed by atoms with Crippen molar-refractivity contribution in [2.45, 2.75) is 32.7 Å². The van der Waals surface area contributed by atoms with Crippen molar-refractivity contribution >= 4 is 29.9 Å². The first-order valence-corrected chi connectivity index (χ1v) is 10.1. The van der Waals surface area contributed by atoms with Crippen molar-refractivity contribution < 1.29 is 0 Å². The molecule has 1 N–H and O–H groups in total. The Morgan fingerprint density at radius 3 is 2.87 bits per heavy atom. The first kappa shape index (κ1) is 22.3. The molecule has 3 aromatic rings. The summed E-state index contributed by atoms with van der Waals surface area (Å²) in [6.07, 6.45) is 10.8. The zero-order chi connectivity index (χ0) is 20.2. The molecule has 1 aliphatic heterocycles. The number of halogens is 1. The lowest BCUT2D eigenvalue weighted by atomic mass is 10.0. The molecule has 1 unspecified atom stereocenters. The van der Waals surface area contributed by atoms with Crippen LogP contribution in [0.5, 0.6) is 0 Å². The Balaban J connectivity index is 0.00000256. The van der Waals surface area contributed by atoms with Crippen molar-refractivity contribution in [3.8, 4) is 5.82 Å². The van der Waals surface area contributed by atoms with Gasteiger partial charge in [-0.3, -0.25) is 9.25 Å². The number of hydrogen-bond donors (Lipinski definition) is 1. The highest BCUT2D eigenvalue weighted by Crippen LogP contribution is 2.26. The molecule has 1 saturated heterocycles. The number of nitrogens with zero attached hydrogens (tertiary/aromatic N) is 7. The third-order valence-electron chi connectivity index (χ3n) is 5.34. The minimum Gasteiger partial charge on any atom is -0.357 e. The van der Waals surface area contributed by atoms with E-state index in [1.807, 2.05) is 47.9 Å². The van der Waals surface area contributed by atoms with Crippen molar-refractivity contribution in [3.63, 3.8) is 0 Å². The second kappa shape index (κ2) is 10.1. The lowest BCUT2D eigenvalue weighted by Gasteiger charge is -2.21. The molecule has 0 radical (unpaired) electrons. The molecule has 4 heterocycles. The minimum absolute atomic E-state index is 0. The van der Waals surface area contributed by atoms with Gasteiger partial charge < -0.3 is 10.2 Å². The van der Waals surface area contributed by atoms with Crippen molar-refractivity contribution in [2.24, 2.45) is 12.0 Å². The molecule has 3 aromatic heterocycles. The van der Waals surface area contributed by atoms with E-state index in [-0.39, 0.29) is 24.0 Å². The molecule has 0 aliphatic carbocycles. The summed E-state index contributed by atoms with van der Waals surface area (Å²) in [5, 5.41) is 7.78. The van der Waals surface area contributed by atoms with Gasteiger partial charge in [-0.25, -0.2) is 15.0 Å². The molecule has 8 nitrogen and oxygen atoms in total. The van der Waals surface area contributed by atoms with Gasteiger partial charge in [0.1, 0.15) is 11.6 Å². The number of aliphatic imine (C=N–C) groups is 1. The molecule has 4 rings (SSSR count). The van der Waals surface area contributed by atoms with Crippen LogP contribution in [-0.2, 0) is 13.6 Å². The maximum absolute atomic E-state index is 4.94. The first-order chi connectivity index (χ1) is 14.2. The number of rotatable bonds is 5. The van der Waals surface area contributed by atoms with Crippen LogP contribution in [-0.4, -0.2) is 54.8 Å². The Morgan fingerprint density at radius 2 is 2.17 bits per heavy atom. The van der Waals surface area contributed by atoms with Gasteiger partial charge in [0.05, 0.1) is 12.7 Å². The number of pyridine rings is 1. The van der Waals surface area contributed by atoms with Crippen LogP contribution in [0.4, 0.5) is 0 Å². The smallest absolute Gasteiger partial charge is 0.194 e. The van der Waals surface area contributed by atoms with Gasteiger partial charge in [0.2, 0.25) is 0 Å². The van der Waals surface area contributed by atoms with Gasteiger partial charge in [-0.05, 0) is 31.9 Å². The Bertz CT molecular complexity index is 992. The maximum Gasteiger partial charge on any atom is 0.194 e. The Labute approximate surface area is 194 Å². The minimum atomic E-state index is 0. The van der Waals surface area contributed by atoms with Crippen molar-refractivity contribution in [1.82, 2.24) is 34.5 Å². The Morgan fingerprint density at radius 1 is 1.30 bits per heavy atom. The number of guanidine groups is 1. The number of likely N-dealkylation sites (tertiary alicyclic amines) is 1. The van der Waals surface area contributed by atoms with Crippen LogP contribution in [0.25, 0.3) is 5.82 Å². The normalized spacial score (nSPS) is 16.6. The average Bonchev–Trinajstić information content (AvgIpc) is 3.46. The molecule has 1 atom stereocenters. The summed E-state index contributed by atoms with van der Waals surface area (Å²) in [5.74, 6) is 3.25. The highest BCUT2D eigenvalue weighted by atomic mass is 127. The fourth-order valence-corrected chi connectivity index (χ4v) is 3.83. The molecule has 1 fully saturated rings. The van der Waals surface area contributed by atoms with Gasteiger partial charge in [-0.2, -0.15) is 5.10 Å². The van der Waals surface area contributed by atoms with E-state index >= 15 is 0 Å². The SMILES string of the molecule is CCNC(=NCc1cccnc1-n1ccnc1C)N1CCC(c2cnn(C)c2)C1.I. The van der Waals surface area contributed by atoms with Crippen LogP contribution in [0.2, 0.25) is 0 Å². The van der Waals surface area contributed by atoms with E-state index in [0.717, 1.165) is 49.2 Å². The topological polar surface area (TPSA) is 76.2 Å². The number of imidazole rings is 1. The van der Waals surface area contributed by atoms with E-state index in [0.29, 0.717) is 12.5 Å². The molecular formula is C21H29IN8. The molecule has 1 aliphatic rings. The summed E-state index contributed by atoms with van der Waals surface area (Å²) >= 11 is 0. The molecular weight excluding hydrogens is 491 g/mol. The van der Waals surface area contributed by atoms with Crippen LogP contribution in [0, 0.1) is 6.92 Å². The lowest BCUT2D eigenvalue weighted by molar-refractivity contribution is 0.486. The van der Waals surface area contributed by atoms with Crippen molar-refractivity contribution in [3.05, 3.63) is 60.1 Å². The maximum atomic E-state index is 4.94. The van der Waals surface area contributed by atoms with E-state index < -0.39 is 0 Å². The number of nitrogens with one attached hydrogen (secondary N) is 1. The van der Waals surface area contributed by atoms with Gasteiger partial charge in [-0.15, -0.1) is 24.0 Å². The van der Waals surface area contributed by atoms with Crippen LogP contribution < -0.4 is 5.32 Å². The fourth-order valence-electron chi connectivity index (χ4n) is 3.83. The average molecular weight is 520 g/mol. The zero-order valence-corrected chi connectivity index (χ0v) is 20.0. The molecule has 9 heteroatoms. The van der Waals surface area contributed by atoms with E-state index in [1.165, 1.54) is 5.56 Å². The largest absolute Gasteiger partial charge is 0.357 e. The first-order valence-electron chi connectivity index (χ1n) is 10.1. The number of aryl methyl sites for hydroxylation is 2. The van der Waals surface area contributed by atoms with Gasteiger partial charge in [0.15, 0.2) is 5.96 Å². The highest BCUT2D eigenvalue weighted by molar-refractivity contribution is 14.0. The van der Waals surface area contributed by atoms with Gasteiger partial charge in [0.25, 0.3) is 0 Å². The summed E-state index contributed by atoms with van der Waals surface area (Å²) in [6.45, 7) is 7.44. The summed E-state index contributed by atoms with van der Waals surface area (Å²) in [6, 6.07) is 4.04. The van der Waals surface area contributed by atoms with Gasteiger partial charge >= 0.3 is 0 Å². The van der Waals surface area contributed by atoms with E-state index in [4.69, 9.17) is 4.99 Å². The molecule has 0 saturated carbocycles. The monoisotopic (exact) mass is 520 g/mol. The number of hydrogen-bond acceptors (Lipinski definition) is 4. The zero-order valence-electron chi connectivity index (χ0n) is 17.7. The third kappa shape index (κ3) is 4.82. The van der Waals surface area contributed by atoms with E-state index in [2.05, 4.69) is 44.5 Å². The molecule has 160 valence electrons. The summed E-state index contributed by atoms with van der Waals surface area (Å²) in [5.41, 5.74) is 2.38. The fraction of sp³-hybridized carbons (Fsp3) is 0.429. The van der Waals surface area contributed by atoms with E-state index in [9.17, 15) is 0 Å². The Hall–Kier alpha value is -2.43. The van der Waals surface area contributed by atoms with Gasteiger partial charge in [0, 0.05) is 63.0 Å².